The second-order valence-electron chi connectivity index (χ2n) is 5.17. The van der Waals surface area contributed by atoms with Crippen LogP contribution in [0.4, 0.5) is 19.0 Å². The van der Waals surface area contributed by atoms with Crippen LogP contribution in [-0.2, 0) is 12.7 Å². The number of alkyl halides is 3. The number of rotatable bonds is 7. The van der Waals surface area contributed by atoms with E-state index in [0.717, 1.165) is 19.0 Å². The molecule has 0 bridgehead atoms. The zero-order valence-electron chi connectivity index (χ0n) is 12.7. The fourth-order valence-corrected chi connectivity index (χ4v) is 1.98. The van der Waals surface area contributed by atoms with Crippen LogP contribution >= 0.6 is 0 Å². The second kappa shape index (κ2) is 7.61. The normalized spacial score (nSPS) is 12.0. The minimum atomic E-state index is -4.44. The van der Waals surface area contributed by atoms with Crippen LogP contribution in [0, 0.1) is 0 Å². The summed E-state index contributed by atoms with van der Waals surface area (Å²) < 4.78 is 38.5. The van der Waals surface area contributed by atoms with Gasteiger partial charge >= 0.3 is 6.18 Å². The summed E-state index contributed by atoms with van der Waals surface area (Å²) in [7, 11) is 3.85. The van der Waals surface area contributed by atoms with E-state index in [1.165, 1.54) is 6.07 Å². The molecule has 1 heterocycles. The predicted molar refractivity (Wildman–Crippen MR) is 78.2 cm³/mol. The van der Waals surface area contributed by atoms with Crippen LogP contribution in [0.5, 0.6) is 0 Å². The molecule has 21 heavy (non-hydrogen) atoms. The molecule has 0 aliphatic rings. The number of pyridine rings is 1. The average molecular weight is 304 g/mol. The molecule has 1 aromatic rings. The predicted octanol–water partition coefficient (Wildman–Crippen LogP) is 2.34. The summed E-state index contributed by atoms with van der Waals surface area (Å²) in [5.41, 5.74) is 5.40. The smallest absolute Gasteiger partial charge is 0.355 e. The molecular formula is C14H23F3N4. The summed E-state index contributed by atoms with van der Waals surface area (Å²) in [6.07, 6.45) is -3.61. The molecule has 0 aliphatic heterocycles. The van der Waals surface area contributed by atoms with E-state index in [1.54, 1.807) is 0 Å². The maximum Gasteiger partial charge on any atom is 0.433 e. The van der Waals surface area contributed by atoms with Crippen LogP contribution in [0.3, 0.4) is 0 Å². The molecule has 0 saturated carbocycles. The highest BCUT2D eigenvalue weighted by Crippen LogP contribution is 2.30. The number of halogens is 3. The molecule has 120 valence electrons. The van der Waals surface area contributed by atoms with Gasteiger partial charge < -0.3 is 15.5 Å². The average Bonchev–Trinajstić information content (AvgIpc) is 2.41. The monoisotopic (exact) mass is 304 g/mol. The number of anilines is 1. The van der Waals surface area contributed by atoms with Crippen molar-refractivity contribution in [2.24, 2.45) is 5.73 Å². The summed E-state index contributed by atoms with van der Waals surface area (Å²) in [6, 6.07) is 2.41. The first-order chi connectivity index (χ1) is 9.79. The van der Waals surface area contributed by atoms with Gasteiger partial charge in [-0.1, -0.05) is 13.0 Å². The van der Waals surface area contributed by atoms with E-state index >= 15 is 0 Å². The minimum absolute atomic E-state index is 0.169. The Kier molecular flexibility index (Phi) is 6.42. The molecule has 1 rings (SSSR count). The fourth-order valence-electron chi connectivity index (χ4n) is 1.98. The Morgan fingerprint density at radius 2 is 1.81 bits per heavy atom. The van der Waals surface area contributed by atoms with Crippen molar-refractivity contribution >= 4 is 5.82 Å². The maximum absolute atomic E-state index is 12.8. The van der Waals surface area contributed by atoms with Crippen LogP contribution < -0.4 is 10.6 Å². The molecule has 2 N–H and O–H groups in total. The van der Waals surface area contributed by atoms with Gasteiger partial charge in [0, 0.05) is 31.7 Å². The van der Waals surface area contributed by atoms with Gasteiger partial charge in [-0.15, -0.1) is 0 Å². The number of nitrogens with two attached hydrogens (primary N) is 1. The Labute approximate surface area is 123 Å². The van der Waals surface area contributed by atoms with Gasteiger partial charge in [0.1, 0.15) is 11.5 Å². The number of hydrogen-bond donors (Lipinski definition) is 1. The van der Waals surface area contributed by atoms with E-state index in [2.05, 4.69) is 4.98 Å². The van der Waals surface area contributed by atoms with Crippen molar-refractivity contribution in [3.8, 4) is 0 Å². The molecule has 0 radical (unpaired) electrons. The van der Waals surface area contributed by atoms with Gasteiger partial charge in [-0.2, -0.15) is 13.2 Å². The molecule has 0 saturated heterocycles. The lowest BCUT2D eigenvalue weighted by Crippen LogP contribution is -2.34. The van der Waals surface area contributed by atoms with E-state index in [9.17, 15) is 13.2 Å². The van der Waals surface area contributed by atoms with Gasteiger partial charge in [0.2, 0.25) is 0 Å². The Bertz CT molecular complexity index is 446. The van der Waals surface area contributed by atoms with Gasteiger partial charge in [0.25, 0.3) is 0 Å². The van der Waals surface area contributed by atoms with Gasteiger partial charge in [-0.25, -0.2) is 4.98 Å². The van der Waals surface area contributed by atoms with Gasteiger partial charge in [-0.05, 0) is 26.6 Å². The van der Waals surface area contributed by atoms with E-state index in [0.29, 0.717) is 24.5 Å². The Morgan fingerprint density at radius 1 is 1.14 bits per heavy atom. The van der Waals surface area contributed by atoms with Crippen molar-refractivity contribution in [2.75, 3.05) is 38.6 Å². The number of aromatic nitrogens is 1. The molecule has 0 atom stereocenters. The first kappa shape index (κ1) is 17.7. The third kappa shape index (κ3) is 5.17. The van der Waals surface area contributed by atoms with E-state index < -0.39 is 11.9 Å². The van der Waals surface area contributed by atoms with Gasteiger partial charge in [0.15, 0.2) is 0 Å². The first-order valence-electron chi connectivity index (χ1n) is 6.96. The highest BCUT2D eigenvalue weighted by Gasteiger charge is 2.33. The summed E-state index contributed by atoms with van der Waals surface area (Å²) in [6.45, 7) is 4.15. The number of hydrogen-bond acceptors (Lipinski definition) is 4. The minimum Gasteiger partial charge on any atom is -0.355 e. The summed E-state index contributed by atoms with van der Waals surface area (Å²) in [5.74, 6) is 0.344. The SMILES string of the molecule is CCCN(CCN(C)C)c1nc(C(F)(F)F)ccc1CN. The molecule has 1 aromatic heterocycles. The Balaban J connectivity index is 3.13. The second-order valence-corrected chi connectivity index (χ2v) is 5.17. The largest absolute Gasteiger partial charge is 0.433 e. The number of nitrogens with zero attached hydrogens (tertiary/aromatic N) is 3. The van der Waals surface area contributed by atoms with Gasteiger partial charge in [-0.3, -0.25) is 0 Å². The lowest BCUT2D eigenvalue weighted by Gasteiger charge is -2.27. The molecule has 0 aliphatic carbocycles. The zero-order valence-corrected chi connectivity index (χ0v) is 12.7. The van der Waals surface area contributed by atoms with Crippen LogP contribution in [0.25, 0.3) is 0 Å². The third-order valence-electron chi connectivity index (χ3n) is 3.08. The topological polar surface area (TPSA) is 45.4 Å². The quantitative estimate of drug-likeness (QED) is 0.840. The van der Waals surface area contributed by atoms with Crippen LogP contribution in [0.2, 0.25) is 0 Å². The summed E-state index contributed by atoms with van der Waals surface area (Å²) in [5, 5.41) is 0. The standard InChI is InChI=1S/C14H23F3N4/c1-4-7-21(9-8-20(2)3)13-11(10-18)5-6-12(19-13)14(15,16)17/h5-6H,4,7-10,18H2,1-3H3. The van der Waals surface area contributed by atoms with Crippen LogP contribution in [0.1, 0.15) is 24.6 Å². The van der Waals surface area contributed by atoms with Crippen molar-refractivity contribution in [1.29, 1.82) is 0 Å². The molecule has 0 aromatic carbocycles. The van der Waals surface area contributed by atoms with Gasteiger partial charge in [0.05, 0.1) is 0 Å². The van der Waals surface area contributed by atoms with Crippen LogP contribution in [-0.4, -0.2) is 43.6 Å². The lowest BCUT2D eigenvalue weighted by molar-refractivity contribution is -0.141. The highest BCUT2D eigenvalue weighted by molar-refractivity contribution is 5.48. The highest BCUT2D eigenvalue weighted by atomic mass is 19.4. The molecule has 7 heteroatoms. The molecule has 0 amide bonds. The molecular weight excluding hydrogens is 281 g/mol. The van der Waals surface area contributed by atoms with Crippen molar-refractivity contribution < 1.29 is 13.2 Å². The third-order valence-corrected chi connectivity index (χ3v) is 3.08. The van der Waals surface area contributed by atoms with Crippen molar-refractivity contribution in [1.82, 2.24) is 9.88 Å². The zero-order chi connectivity index (χ0) is 16.0. The molecule has 0 unspecified atom stereocenters. The molecule has 0 fully saturated rings. The Morgan fingerprint density at radius 3 is 2.29 bits per heavy atom. The van der Waals surface area contributed by atoms with E-state index in [4.69, 9.17) is 5.73 Å². The summed E-state index contributed by atoms with van der Waals surface area (Å²) >= 11 is 0. The summed E-state index contributed by atoms with van der Waals surface area (Å²) in [4.78, 5) is 7.67. The van der Waals surface area contributed by atoms with Crippen molar-refractivity contribution in [3.05, 3.63) is 23.4 Å². The maximum atomic E-state index is 12.8. The number of likely N-dealkylation sites (N-methyl/N-ethyl adjacent to an activating group) is 1. The Hall–Kier alpha value is -1.34. The van der Waals surface area contributed by atoms with Crippen molar-refractivity contribution in [3.63, 3.8) is 0 Å². The van der Waals surface area contributed by atoms with E-state index in [-0.39, 0.29) is 6.54 Å². The molecule has 4 nitrogen and oxygen atoms in total. The first-order valence-corrected chi connectivity index (χ1v) is 6.96. The lowest BCUT2D eigenvalue weighted by atomic mass is 10.2. The fraction of sp³-hybridized carbons (Fsp3) is 0.643. The van der Waals surface area contributed by atoms with E-state index in [1.807, 2.05) is 30.8 Å². The van der Waals surface area contributed by atoms with Crippen molar-refractivity contribution in [2.45, 2.75) is 26.1 Å². The van der Waals surface area contributed by atoms with Crippen LogP contribution in [0.15, 0.2) is 12.1 Å². The molecule has 0 spiro atoms.